The Kier molecular flexibility index (Phi) is 6.17. The average Bonchev–Trinajstić information content (AvgIpc) is 2.62. The molecule has 1 aliphatic heterocycles. The topological polar surface area (TPSA) is 110 Å². The summed E-state index contributed by atoms with van der Waals surface area (Å²) >= 11 is 0. The minimum atomic E-state index is -0.369. The Morgan fingerprint density at radius 2 is 1.52 bits per heavy atom. The maximum Gasteiger partial charge on any atom is 0.236 e. The van der Waals surface area contributed by atoms with Crippen molar-refractivity contribution < 1.29 is 9.59 Å². The number of primary amides is 2. The Labute approximate surface area is 161 Å². The van der Waals surface area contributed by atoms with Crippen LogP contribution in [0.1, 0.15) is 69.0 Å². The lowest BCUT2D eigenvalue weighted by molar-refractivity contribution is -0.121. The van der Waals surface area contributed by atoms with E-state index in [-0.39, 0.29) is 36.0 Å². The highest BCUT2D eigenvalue weighted by Gasteiger charge is 2.35. The summed E-state index contributed by atoms with van der Waals surface area (Å²) in [4.78, 5) is 22.8. The van der Waals surface area contributed by atoms with Crippen molar-refractivity contribution in [2.24, 2.45) is 17.4 Å². The van der Waals surface area contributed by atoms with E-state index < -0.39 is 0 Å². The lowest BCUT2D eigenvalue weighted by Gasteiger charge is -2.40. The quantitative estimate of drug-likeness (QED) is 0.630. The minimum absolute atomic E-state index is 0.0172. The first-order valence-electron chi connectivity index (χ1n) is 10.0. The molecule has 1 saturated heterocycles. The van der Waals surface area contributed by atoms with Gasteiger partial charge in [-0.05, 0) is 62.5 Å². The predicted molar refractivity (Wildman–Crippen MR) is 106 cm³/mol. The molecule has 27 heavy (non-hydrogen) atoms. The van der Waals surface area contributed by atoms with Crippen LogP contribution in [0.25, 0.3) is 0 Å². The first-order chi connectivity index (χ1) is 12.8. The van der Waals surface area contributed by atoms with Crippen molar-refractivity contribution in [1.82, 2.24) is 10.6 Å². The van der Waals surface area contributed by atoms with E-state index in [4.69, 9.17) is 11.5 Å². The van der Waals surface area contributed by atoms with Gasteiger partial charge in [0.15, 0.2) is 0 Å². The van der Waals surface area contributed by atoms with Crippen LogP contribution in [0.4, 0.5) is 0 Å². The summed E-state index contributed by atoms with van der Waals surface area (Å²) in [7, 11) is 0. The second-order valence-electron chi connectivity index (χ2n) is 8.32. The van der Waals surface area contributed by atoms with Crippen molar-refractivity contribution in [2.75, 3.05) is 0 Å². The van der Waals surface area contributed by atoms with Crippen LogP contribution in [0.15, 0.2) is 24.3 Å². The maximum absolute atomic E-state index is 11.7. The lowest BCUT2D eigenvalue weighted by Crippen LogP contribution is -2.64. The number of carbonyl (C=O) groups is 2. The van der Waals surface area contributed by atoms with Gasteiger partial charge in [-0.15, -0.1) is 0 Å². The molecule has 1 saturated carbocycles. The van der Waals surface area contributed by atoms with Gasteiger partial charge >= 0.3 is 0 Å². The van der Waals surface area contributed by atoms with Crippen molar-refractivity contribution in [3.8, 4) is 0 Å². The molecule has 0 radical (unpaired) electrons. The van der Waals surface area contributed by atoms with Crippen LogP contribution in [0.3, 0.4) is 0 Å². The fourth-order valence-corrected chi connectivity index (χ4v) is 4.76. The molecule has 148 valence electrons. The second kappa shape index (κ2) is 8.40. The van der Waals surface area contributed by atoms with Crippen LogP contribution in [-0.2, 0) is 9.59 Å². The normalized spacial score (nSPS) is 34.1. The molecule has 1 heterocycles. The third-order valence-corrected chi connectivity index (χ3v) is 6.30. The molecule has 4 atom stereocenters. The molecule has 6 N–H and O–H groups in total. The molecular weight excluding hydrogens is 340 g/mol. The fraction of sp³-hybridized carbons (Fsp3) is 0.619. The van der Waals surface area contributed by atoms with Crippen molar-refractivity contribution >= 4 is 11.8 Å². The van der Waals surface area contributed by atoms with Gasteiger partial charge in [0, 0.05) is 24.5 Å². The third kappa shape index (κ3) is 4.68. The molecule has 0 aromatic heterocycles. The summed E-state index contributed by atoms with van der Waals surface area (Å²) in [6.07, 6.45) is 4.87. The number of amides is 2. The van der Waals surface area contributed by atoms with Gasteiger partial charge in [0.2, 0.25) is 11.8 Å². The Balaban J connectivity index is 1.63. The van der Waals surface area contributed by atoms with Crippen LogP contribution >= 0.6 is 0 Å². The Morgan fingerprint density at radius 1 is 0.926 bits per heavy atom. The summed E-state index contributed by atoms with van der Waals surface area (Å²) in [5.74, 6) is 0.492. The monoisotopic (exact) mass is 372 g/mol. The molecule has 0 bridgehead atoms. The molecule has 6 heteroatoms. The van der Waals surface area contributed by atoms with E-state index >= 15 is 0 Å². The molecule has 2 amide bonds. The highest BCUT2D eigenvalue weighted by atomic mass is 16.1. The zero-order chi connectivity index (χ0) is 19.6. The molecule has 2 fully saturated rings. The Hall–Kier alpha value is -1.92. The van der Waals surface area contributed by atoms with Gasteiger partial charge in [0.1, 0.15) is 6.04 Å². The van der Waals surface area contributed by atoms with E-state index in [0.29, 0.717) is 18.3 Å². The third-order valence-electron chi connectivity index (χ3n) is 6.30. The largest absolute Gasteiger partial charge is 0.370 e. The number of hydrogen-bond donors (Lipinski definition) is 4. The fourth-order valence-electron chi connectivity index (χ4n) is 4.76. The molecular formula is C21H32N4O2. The van der Waals surface area contributed by atoms with E-state index in [9.17, 15) is 9.59 Å². The standard InChI is InChI=1S/C21H32N4O2/c1-12-19(25-20(21(23)27)13(2)24-12)17-9-7-16(8-10-17)15-5-3-14(4-6-15)11-18(22)26/h7-10,12-15,19-20,24-25H,3-6,11H2,1-2H3,(H2,22,26)(H2,23,27). The van der Waals surface area contributed by atoms with Crippen LogP contribution in [0.2, 0.25) is 0 Å². The predicted octanol–water partition coefficient (Wildman–Crippen LogP) is 1.70. The number of nitrogens with two attached hydrogens (primary N) is 2. The minimum Gasteiger partial charge on any atom is -0.370 e. The van der Waals surface area contributed by atoms with E-state index in [1.54, 1.807) is 0 Å². The van der Waals surface area contributed by atoms with Gasteiger partial charge in [0.25, 0.3) is 0 Å². The van der Waals surface area contributed by atoms with Gasteiger partial charge in [-0.25, -0.2) is 0 Å². The van der Waals surface area contributed by atoms with Crippen LogP contribution < -0.4 is 22.1 Å². The Bertz CT molecular complexity index is 667. The molecule has 1 aromatic rings. The summed E-state index contributed by atoms with van der Waals surface area (Å²) in [6, 6.07) is 8.66. The SMILES string of the molecule is CC1NC(C)C(c2ccc(C3CCC(CC(N)=O)CC3)cc2)NC1C(N)=O. The average molecular weight is 373 g/mol. The van der Waals surface area contributed by atoms with E-state index in [1.807, 2.05) is 6.92 Å². The number of carbonyl (C=O) groups excluding carboxylic acids is 2. The summed E-state index contributed by atoms with van der Waals surface area (Å²) in [6.45, 7) is 4.10. The molecule has 1 aromatic carbocycles. The molecule has 3 rings (SSSR count). The van der Waals surface area contributed by atoms with E-state index in [2.05, 4.69) is 41.8 Å². The summed E-state index contributed by atoms with van der Waals surface area (Å²) in [5, 5.41) is 6.87. The highest BCUT2D eigenvalue weighted by Crippen LogP contribution is 2.37. The van der Waals surface area contributed by atoms with E-state index in [0.717, 1.165) is 25.7 Å². The van der Waals surface area contributed by atoms with Gasteiger partial charge in [-0.1, -0.05) is 24.3 Å². The molecule has 2 aliphatic rings. The van der Waals surface area contributed by atoms with Crippen LogP contribution in [0, 0.1) is 5.92 Å². The van der Waals surface area contributed by atoms with Crippen molar-refractivity contribution in [2.45, 2.75) is 76.0 Å². The highest BCUT2D eigenvalue weighted by molar-refractivity contribution is 5.81. The number of hydrogen-bond acceptors (Lipinski definition) is 4. The molecule has 1 aliphatic carbocycles. The van der Waals surface area contributed by atoms with E-state index in [1.165, 1.54) is 11.1 Å². The number of piperazine rings is 1. The van der Waals surface area contributed by atoms with Gasteiger partial charge in [0.05, 0.1) is 0 Å². The summed E-state index contributed by atoms with van der Waals surface area (Å²) < 4.78 is 0. The van der Waals surface area contributed by atoms with Crippen LogP contribution in [0.5, 0.6) is 0 Å². The van der Waals surface area contributed by atoms with Gasteiger partial charge in [-0.2, -0.15) is 0 Å². The van der Waals surface area contributed by atoms with Gasteiger partial charge < -0.3 is 16.8 Å². The van der Waals surface area contributed by atoms with Crippen molar-refractivity contribution in [1.29, 1.82) is 0 Å². The second-order valence-corrected chi connectivity index (χ2v) is 8.32. The molecule has 6 nitrogen and oxygen atoms in total. The first kappa shape index (κ1) is 19.8. The summed E-state index contributed by atoms with van der Waals surface area (Å²) in [5.41, 5.74) is 13.4. The maximum atomic E-state index is 11.7. The van der Waals surface area contributed by atoms with Crippen molar-refractivity contribution in [3.05, 3.63) is 35.4 Å². The number of benzene rings is 1. The molecule has 0 spiro atoms. The number of rotatable bonds is 5. The smallest absolute Gasteiger partial charge is 0.236 e. The zero-order valence-electron chi connectivity index (χ0n) is 16.3. The van der Waals surface area contributed by atoms with Gasteiger partial charge in [-0.3, -0.25) is 14.9 Å². The van der Waals surface area contributed by atoms with Crippen molar-refractivity contribution in [3.63, 3.8) is 0 Å². The first-order valence-corrected chi connectivity index (χ1v) is 10.0. The lowest BCUT2D eigenvalue weighted by atomic mass is 9.77. The zero-order valence-corrected chi connectivity index (χ0v) is 16.3. The van der Waals surface area contributed by atoms with Crippen LogP contribution in [-0.4, -0.2) is 29.9 Å². The molecule has 4 unspecified atom stereocenters. The number of nitrogens with one attached hydrogen (secondary N) is 2. The Morgan fingerprint density at radius 3 is 2.07 bits per heavy atom.